The SMILES string of the molecule is C=C1CSC2C(=NSc3ccc(C)cc3)C(=O)N2C1C(=O)O. The van der Waals surface area contributed by atoms with Gasteiger partial charge in [0, 0.05) is 22.6 Å². The average molecular weight is 334 g/mol. The molecule has 2 aliphatic heterocycles. The van der Waals surface area contributed by atoms with Gasteiger partial charge in [-0.25, -0.2) is 9.19 Å². The smallest absolute Gasteiger partial charge is 0.330 e. The van der Waals surface area contributed by atoms with E-state index in [1.54, 1.807) is 0 Å². The molecular weight excluding hydrogens is 320 g/mol. The van der Waals surface area contributed by atoms with Crippen molar-refractivity contribution in [3.05, 3.63) is 42.0 Å². The Bertz CT molecular complexity index is 685. The van der Waals surface area contributed by atoms with Crippen molar-refractivity contribution >= 4 is 41.3 Å². The number of carbonyl (C=O) groups is 2. The van der Waals surface area contributed by atoms with Crippen LogP contribution in [0.4, 0.5) is 0 Å². The van der Waals surface area contributed by atoms with Crippen LogP contribution < -0.4 is 0 Å². The van der Waals surface area contributed by atoms with Crippen LogP contribution in [-0.4, -0.2) is 44.8 Å². The van der Waals surface area contributed by atoms with Crippen LogP contribution in [0.3, 0.4) is 0 Å². The van der Waals surface area contributed by atoms with E-state index >= 15 is 0 Å². The van der Waals surface area contributed by atoms with Crippen LogP contribution in [0.25, 0.3) is 0 Å². The fourth-order valence-corrected chi connectivity index (χ4v) is 4.29. The zero-order valence-corrected chi connectivity index (χ0v) is 13.5. The van der Waals surface area contributed by atoms with E-state index in [2.05, 4.69) is 11.0 Å². The highest BCUT2D eigenvalue weighted by molar-refractivity contribution is 8.01. The average Bonchev–Trinajstić information content (AvgIpc) is 2.49. The molecule has 5 nitrogen and oxygen atoms in total. The van der Waals surface area contributed by atoms with Crippen molar-refractivity contribution in [3.8, 4) is 0 Å². The summed E-state index contributed by atoms with van der Waals surface area (Å²) in [5.41, 5.74) is 2.13. The van der Waals surface area contributed by atoms with E-state index in [0.717, 1.165) is 10.5 Å². The molecule has 3 rings (SSSR count). The number of carboxylic acids is 1. The third-order valence-corrected chi connectivity index (χ3v) is 5.61. The van der Waals surface area contributed by atoms with Gasteiger partial charge in [-0.1, -0.05) is 24.3 Å². The van der Waals surface area contributed by atoms with Gasteiger partial charge >= 0.3 is 5.97 Å². The summed E-state index contributed by atoms with van der Waals surface area (Å²) < 4.78 is 4.31. The van der Waals surface area contributed by atoms with Crippen LogP contribution in [0.15, 0.2) is 45.7 Å². The van der Waals surface area contributed by atoms with Gasteiger partial charge in [0.05, 0.1) is 0 Å². The summed E-state index contributed by atoms with van der Waals surface area (Å²) in [6.07, 6.45) is 0. The summed E-state index contributed by atoms with van der Waals surface area (Å²) in [5.74, 6) is -0.821. The fraction of sp³-hybridized carbons (Fsp3) is 0.267. The number of β-lactam (4-membered cyclic amide) rings is 1. The summed E-state index contributed by atoms with van der Waals surface area (Å²) in [5, 5.41) is 8.98. The number of fused-ring (bicyclic) bond motifs is 1. The molecule has 2 saturated heterocycles. The highest BCUT2D eigenvalue weighted by atomic mass is 32.2. The van der Waals surface area contributed by atoms with Gasteiger partial charge in [0.15, 0.2) is 6.04 Å². The lowest BCUT2D eigenvalue weighted by Crippen LogP contribution is -2.68. The number of carbonyl (C=O) groups excluding carboxylic acids is 1. The number of aliphatic carboxylic acids is 1. The predicted octanol–water partition coefficient (Wildman–Crippen LogP) is 2.37. The van der Waals surface area contributed by atoms with E-state index in [1.807, 2.05) is 31.2 Å². The normalized spacial score (nSPS) is 25.9. The molecule has 0 radical (unpaired) electrons. The lowest BCUT2D eigenvalue weighted by atomic mass is 10.0. The molecule has 0 saturated carbocycles. The summed E-state index contributed by atoms with van der Waals surface area (Å²) in [6.45, 7) is 5.76. The van der Waals surface area contributed by atoms with Crippen LogP contribution in [0.5, 0.6) is 0 Å². The van der Waals surface area contributed by atoms with Crippen LogP contribution in [0.2, 0.25) is 0 Å². The first-order valence-corrected chi connectivity index (χ1v) is 8.47. The number of amides is 1. The number of benzene rings is 1. The minimum atomic E-state index is -1.03. The maximum Gasteiger partial charge on any atom is 0.330 e. The molecule has 0 bridgehead atoms. The molecular formula is C15H14N2O3S2. The van der Waals surface area contributed by atoms with Gasteiger partial charge in [0.1, 0.15) is 11.1 Å². The van der Waals surface area contributed by atoms with Gasteiger partial charge in [-0.05, 0) is 24.6 Å². The summed E-state index contributed by atoms with van der Waals surface area (Å²) in [6, 6.07) is 6.93. The van der Waals surface area contributed by atoms with E-state index in [0.29, 0.717) is 17.0 Å². The number of thioether (sulfide) groups is 1. The topological polar surface area (TPSA) is 70.0 Å². The minimum absolute atomic E-state index is 0.281. The molecule has 0 spiro atoms. The number of rotatable bonds is 3. The van der Waals surface area contributed by atoms with E-state index in [1.165, 1.54) is 28.6 Å². The first-order valence-electron chi connectivity index (χ1n) is 6.65. The first kappa shape index (κ1) is 15.2. The Morgan fingerprint density at radius 3 is 2.77 bits per heavy atom. The Kier molecular flexibility index (Phi) is 4.01. The van der Waals surface area contributed by atoms with Crippen molar-refractivity contribution in [2.45, 2.75) is 23.2 Å². The highest BCUT2D eigenvalue weighted by Gasteiger charge is 2.53. The Balaban J connectivity index is 1.76. The molecule has 1 N–H and O–H groups in total. The number of hydrogen-bond acceptors (Lipinski definition) is 5. The molecule has 7 heteroatoms. The highest BCUT2D eigenvalue weighted by Crippen LogP contribution is 2.39. The lowest BCUT2D eigenvalue weighted by Gasteiger charge is -2.47. The van der Waals surface area contributed by atoms with Crippen molar-refractivity contribution in [1.29, 1.82) is 0 Å². The van der Waals surface area contributed by atoms with Crippen LogP contribution in [0, 0.1) is 6.92 Å². The van der Waals surface area contributed by atoms with Crippen molar-refractivity contribution in [2.75, 3.05) is 5.75 Å². The number of hydrogen-bond donors (Lipinski definition) is 1. The third-order valence-electron chi connectivity index (χ3n) is 3.54. The predicted molar refractivity (Wildman–Crippen MR) is 88.1 cm³/mol. The van der Waals surface area contributed by atoms with Crippen LogP contribution in [0.1, 0.15) is 5.56 Å². The maximum absolute atomic E-state index is 12.2. The van der Waals surface area contributed by atoms with Crippen molar-refractivity contribution in [3.63, 3.8) is 0 Å². The molecule has 2 aliphatic rings. The monoisotopic (exact) mass is 334 g/mol. The second kappa shape index (κ2) is 5.81. The molecule has 2 atom stereocenters. The van der Waals surface area contributed by atoms with Gasteiger partial charge < -0.3 is 10.0 Å². The van der Waals surface area contributed by atoms with Gasteiger partial charge in [-0.3, -0.25) is 4.79 Å². The molecule has 22 heavy (non-hydrogen) atoms. The van der Waals surface area contributed by atoms with E-state index in [-0.39, 0.29) is 11.3 Å². The van der Waals surface area contributed by atoms with Gasteiger partial charge in [0.25, 0.3) is 5.91 Å². The maximum atomic E-state index is 12.2. The second-order valence-corrected chi connectivity index (χ2v) is 7.06. The third kappa shape index (κ3) is 2.55. The van der Waals surface area contributed by atoms with Crippen molar-refractivity contribution < 1.29 is 14.7 Å². The largest absolute Gasteiger partial charge is 0.479 e. The quantitative estimate of drug-likeness (QED) is 0.522. The van der Waals surface area contributed by atoms with Crippen molar-refractivity contribution in [1.82, 2.24) is 4.90 Å². The zero-order valence-electron chi connectivity index (χ0n) is 11.9. The second-order valence-electron chi connectivity index (χ2n) is 5.16. The number of aryl methyl sites for hydroxylation is 1. The van der Waals surface area contributed by atoms with Gasteiger partial charge in [-0.2, -0.15) is 0 Å². The van der Waals surface area contributed by atoms with E-state index in [9.17, 15) is 14.7 Å². The van der Waals surface area contributed by atoms with Gasteiger partial charge in [0.2, 0.25) is 0 Å². The molecule has 0 aliphatic carbocycles. The van der Waals surface area contributed by atoms with E-state index in [4.69, 9.17) is 0 Å². The van der Waals surface area contributed by atoms with Crippen LogP contribution >= 0.6 is 23.7 Å². The Morgan fingerprint density at radius 2 is 2.14 bits per heavy atom. The Hall–Kier alpha value is -1.73. The minimum Gasteiger partial charge on any atom is -0.479 e. The van der Waals surface area contributed by atoms with E-state index < -0.39 is 12.0 Å². The Morgan fingerprint density at radius 1 is 1.45 bits per heavy atom. The summed E-state index contributed by atoms with van der Waals surface area (Å²) in [7, 11) is 0. The Labute approximate surface area is 136 Å². The molecule has 114 valence electrons. The molecule has 2 unspecified atom stereocenters. The van der Waals surface area contributed by atoms with Crippen molar-refractivity contribution in [2.24, 2.45) is 4.40 Å². The molecule has 0 aromatic heterocycles. The lowest BCUT2D eigenvalue weighted by molar-refractivity contribution is -0.148. The molecule has 1 amide bonds. The molecule has 1 aromatic rings. The number of nitrogens with zero attached hydrogens (tertiary/aromatic N) is 2. The first-order chi connectivity index (χ1) is 10.5. The van der Waals surface area contributed by atoms with Gasteiger partial charge in [-0.15, -0.1) is 11.8 Å². The molecule has 1 aromatic carbocycles. The van der Waals surface area contributed by atoms with Crippen LogP contribution in [-0.2, 0) is 9.59 Å². The fourth-order valence-electron chi connectivity index (χ4n) is 2.36. The standard InChI is InChI=1S/C15H14N2O3S2/c1-8-3-5-10(6-4-8)22-16-11-13(18)17-12(15(19)20)9(2)7-21-14(11)17/h3-6,12,14H,2,7H2,1H3,(H,19,20). The summed E-state index contributed by atoms with van der Waals surface area (Å²) >= 11 is 2.73. The number of carboxylic acid groups (broad SMARTS) is 1. The summed E-state index contributed by atoms with van der Waals surface area (Å²) in [4.78, 5) is 25.8. The zero-order chi connectivity index (χ0) is 15.9. The molecule has 2 heterocycles. The molecule has 2 fully saturated rings.